The Morgan fingerprint density at radius 2 is 1.63 bits per heavy atom. The Morgan fingerprint density at radius 3 is 2.37 bits per heavy atom. The van der Waals surface area contributed by atoms with Crippen LogP contribution in [0.15, 0.2) is 83.0 Å². The molecule has 0 fully saturated rings. The SMILES string of the molecule is Cc1ccc(-n2c(O)c(N=Nc3cccc(-c4cccc(C(=O)O)c4)c3O)c3c(F)c(F)ccc32)cc1C. The number of nitrogens with zero attached hydrogens (tertiary/aromatic N) is 3. The van der Waals surface area contributed by atoms with Crippen molar-refractivity contribution in [2.75, 3.05) is 0 Å². The van der Waals surface area contributed by atoms with Crippen LogP contribution in [0.4, 0.5) is 20.2 Å². The molecule has 1 aromatic heterocycles. The molecule has 0 aliphatic rings. The molecule has 0 radical (unpaired) electrons. The number of phenolic OH excluding ortho intramolecular Hbond substituents is 1. The highest BCUT2D eigenvalue weighted by Gasteiger charge is 2.24. The first-order valence-electron chi connectivity index (χ1n) is 11.5. The number of aromatic hydroxyl groups is 2. The van der Waals surface area contributed by atoms with Crippen LogP contribution in [0.3, 0.4) is 0 Å². The van der Waals surface area contributed by atoms with Crippen molar-refractivity contribution < 1.29 is 28.9 Å². The Bertz CT molecular complexity index is 1780. The summed E-state index contributed by atoms with van der Waals surface area (Å²) >= 11 is 0. The number of aromatic nitrogens is 1. The van der Waals surface area contributed by atoms with Gasteiger partial charge in [-0.05, 0) is 73.0 Å². The van der Waals surface area contributed by atoms with Crippen molar-refractivity contribution in [1.29, 1.82) is 0 Å². The summed E-state index contributed by atoms with van der Waals surface area (Å²) in [6.45, 7) is 3.82. The molecule has 0 saturated heterocycles. The van der Waals surface area contributed by atoms with Crippen molar-refractivity contribution in [3.63, 3.8) is 0 Å². The second-order valence-electron chi connectivity index (χ2n) is 8.79. The summed E-state index contributed by atoms with van der Waals surface area (Å²) in [5.41, 5.74) is 3.09. The largest absolute Gasteiger partial charge is 0.505 e. The predicted molar refractivity (Wildman–Crippen MR) is 139 cm³/mol. The van der Waals surface area contributed by atoms with Crippen LogP contribution in [0, 0.1) is 25.5 Å². The minimum Gasteiger partial charge on any atom is -0.505 e. The number of fused-ring (bicyclic) bond motifs is 1. The minimum absolute atomic E-state index is 0.0217. The van der Waals surface area contributed by atoms with Gasteiger partial charge in [-0.2, -0.15) is 0 Å². The second kappa shape index (κ2) is 9.44. The molecule has 5 rings (SSSR count). The molecule has 0 bridgehead atoms. The molecular weight excluding hydrogens is 492 g/mol. The Balaban J connectivity index is 1.66. The topological polar surface area (TPSA) is 107 Å². The zero-order valence-corrected chi connectivity index (χ0v) is 20.3. The van der Waals surface area contributed by atoms with Crippen molar-refractivity contribution in [2.24, 2.45) is 10.2 Å². The minimum atomic E-state index is -1.20. The third-order valence-electron chi connectivity index (χ3n) is 6.42. The summed E-state index contributed by atoms with van der Waals surface area (Å²) in [5, 5.41) is 39.0. The molecular formula is C29H21F2N3O4. The lowest BCUT2D eigenvalue weighted by Crippen LogP contribution is -1.95. The van der Waals surface area contributed by atoms with Gasteiger partial charge in [0.25, 0.3) is 0 Å². The number of benzene rings is 4. The number of hydrogen-bond donors (Lipinski definition) is 3. The van der Waals surface area contributed by atoms with Gasteiger partial charge in [0.15, 0.2) is 23.1 Å². The van der Waals surface area contributed by atoms with Crippen LogP contribution in [0.5, 0.6) is 11.6 Å². The number of aryl methyl sites for hydroxylation is 2. The van der Waals surface area contributed by atoms with Crippen molar-refractivity contribution >= 4 is 28.2 Å². The van der Waals surface area contributed by atoms with Gasteiger partial charge in [0.1, 0.15) is 5.69 Å². The van der Waals surface area contributed by atoms with Gasteiger partial charge >= 0.3 is 5.97 Å². The lowest BCUT2D eigenvalue weighted by molar-refractivity contribution is 0.0697. The van der Waals surface area contributed by atoms with Crippen molar-refractivity contribution in [1.82, 2.24) is 4.57 Å². The van der Waals surface area contributed by atoms with E-state index >= 15 is 4.39 Å². The fraction of sp³-hybridized carbons (Fsp3) is 0.0690. The van der Waals surface area contributed by atoms with Crippen molar-refractivity contribution in [3.05, 3.63) is 101 Å². The number of hydrogen-bond acceptors (Lipinski definition) is 5. The molecule has 0 atom stereocenters. The zero-order chi connectivity index (χ0) is 27.1. The maximum Gasteiger partial charge on any atom is 0.335 e. The van der Waals surface area contributed by atoms with E-state index in [4.69, 9.17) is 0 Å². The molecule has 1 heterocycles. The van der Waals surface area contributed by atoms with E-state index in [2.05, 4.69) is 10.2 Å². The van der Waals surface area contributed by atoms with Crippen LogP contribution in [0.25, 0.3) is 27.7 Å². The summed E-state index contributed by atoms with van der Waals surface area (Å²) < 4.78 is 30.6. The number of phenols is 1. The number of carboxylic acid groups (broad SMARTS) is 1. The molecule has 0 aliphatic carbocycles. The standard InChI is InChI=1S/C29H21F2N3O4/c1-15-9-10-19(13-16(15)2)34-23-12-11-21(30)25(31)24(23)26(28(34)36)33-32-22-8-4-7-20(27(22)35)17-5-3-6-18(14-17)29(37)38/h3-14,35-36H,1-2H3,(H,37,38). The molecule has 7 nitrogen and oxygen atoms in total. The highest BCUT2D eigenvalue weighted by molar-refractivity contribution is 5.97. The Hall–Kier alpha value is -5.05. The van der Waals surface area contributed by atoms with Gasteiger partial charge in [-0.3, -0.25) is 4.57 Å². The molecule has 0 amide bonds. The van der Waals surface area contributed by atoms with E-state index in [0.29, 0.717) is 16.8 Å². The van der Waals surface area contributed by atoms with Gasteiger partial charge in [-0.25, -0.2) is 13.6 Å². The van der Waals surface area contributed by atoms with Crippen molar-refractivity contribution in [2.45, 2.75) is 13.8 Å². The highest BCUT2D eigenvalue weighted by atomic mass is 19.2. The van der Waals surface area contributed by atoms with E-state index in [1.165, 1.54) is 28.8 Å². The number of halogens is 2. The molecule has 9 heteroatoms. The smallest absolute Gasteiger partial charge is 0.335 e. The fourth-order valence-corrected chi connectivity index (χ4v) is 4.27. The monoisotopic (exact) mass is 513 g/mol. The van der Waals surface area contributed by atoms with Crippen LogP contribution >= 0.6 is 0 Å². The van der Waals surface area contributed by atoms with Crippen LogP contribution in [0.1, 0.15) is 21.5 Å². The number of aromatic carboxylic acids is 1. The maximum absolute atomic E-state index is 15.0. The molecule has 190 valence electrons. The number of carbonyl (C=O) groups is 1. The third kappa shape index (κ3) is 4.13. The average molecular weight is 514 g/mol. The second-order valence-corrected chi connectivity index (χ2v) is 8.79. The maximum atomic E-state index is 15.0. The van der Waals surface area contributed by atoms with Crippen LogP contribution in [-0.2, 0) is 0 Å². The predicted octanol–water partition coefficient (Wildman–Crippen LogP) is 7.72. The molecule has 4 aromatic carbocycles. The first kappa shape index (κ1) is 24.6. The van der Waals surface area contributed by atoms with E-state index in [1.54, 1.807) is 36.4 Å². The normalized spacial score (nSPS) is 11.5. The molecule has 0 aliphatic heterocycles. The Labute approximate surface area is 215 Å². The molecule has 0 spiro atoms. The van der Waals surface area contributed by atoms with Gasteiger partial charge in [-0.15, -0.1) is 10.2 Å². The third-order valence-corrected chi connectivity index (χ3v) is 6.42. The van der Waals surface area contributed by atoms with Gasteiger partial charge < -0.3 is 15.3 Å². The van der Waals surface area contributed by atoms with Gasteiger partial charge in [0, 0.05) is 11.3 Å². The molecule has 3 N–H and O–H groups in total. The summed E-state index contributed by atoms with van der Waals surface area (Å²) in [6, 6.07) is 18.3. The zero-order valence-electron chi connectivity index (χ0n) is 20.3. The van der Waals surface area contributed by atoms with Crippen LogP contribution in [0.2, 0.25) is 0 Å². The molecule has 5 aromatic rings. The van der Waals surface area contributed by atoms with Crippen LogP contribution < -0.4 is 0 Å². The summed E-state index contributed by atoms with van der Waals surface area (Å²) in [7, 11) is 0. The number of carboxylic acids is 1. The lowest BCUT2D eigenvalue weighted by atomic mass is 10.0. The van der Waals surface area contributed by atoms with E-state index in [9.17, 15) is 24.5 Å². The first-order valence-corrected chi connectivity index (χ1v) is 11.5. The van der Waals surface area contributed by atoms with Crippen LogP contribution in [-0.4, -0.2) is 25.9 Å². The summed E-state index contributed by atoms with van der Waals surface area (Å²) in [6.07, 6.45) is 0. The van der Waals surface area contributed by atoms with Crippen molar-refractivity contribution in [3.8, 4) is 28.4 Å². The molecule has 0 saturated carbocycles. The number of para-hydroxylation sites is 1. The van der Waals surface area contributed by atoms with E-state index in [-0.39, 0.29) is 33.6 Å². The lowest BCUT2D eigenvalue weighted by Gasteiger charge is -2.09. The van der Waals surface area contributed by atoms with E-state index in [1.807, 2.05) is 19.9 Å². The summed E-state index contributed by atoms with van der Waals surface area (Å²) in [5.74, 6) is -4.19. The highest BCUT2D eigenvalue weighted by Crippen LogP contribution is 2.45. The number of rotatable bonds is 5. The average Bonchev–Trinajstić information content (AvgIpc) is 3.19. The fourth-order valence-electron chi connectivity index (χ4n) is 4.27. The van der Waals surface area contributed by atoms with Gasteiger partial charge in [0.05, 0.1) is 16.5 Å². The quantitative estimate of drug-likeness (QED) is 0.209. The molecule has 0 unspecified atom stereocenters. The van der Waals surface area contributed by atoms with Gasteiger partial charge in [0.2, 0.25) is 5.88 Å². The summed E-state index contributed by atoms with van der Waals surface area (Å²) in [4.78, 5) is 11.3. The van der Waals surface area contributed by atoms with Gasteiger partial charge in [-0.1, -0.05) is 30.3 Å². The van der Waals surface area contributed by atoms with E-state index < -0.39 is 23.5 Å². The first-order chi connectivity index (χ1) is 18.2. The Kier molecular flexibility index (Phi) is 6.12. The molecule has 38 heavy (non-hydrogen) atoms. The Morgan fingerprint density at radius 1 is 0.868 bits per heavy atom. The number of azo groups is 1. The van der Waals surface area contributed by atoms with E-state index in [0.717, 1.165) is 17.2 Å².